The van der Waals surface area contributed by atoms with Gasteiger partial charge in [0.2, 0.25) is 11.8 Å². The van der Waals surface area contributed by atoms with E-state index >= 15 is 0 Å². The Kier molecular flexibility index (Phi) is 5.89. The van der Waals surface area contributed by atoms with Gasteiger partial charge in [0.15, 0.2) is 5.17 Å². The Morgan fingerprint density at radius 2 is 1.86 bits per heavy atom. The van der Waals surface area contributed by atoms with Crippen LogP contribution in [-0.2, 0) is 9.59 Å². The number of nitrogens with zero attached hydrogens (tertiary/aromatic N) is 2. The van der Waals surface area contributed by atoms with Crippen LogP contribution >= 0.6 is 11.8 Å². The van der Waals surface area contributed by atoms with Crippen LogP contribution in [0.1, 0.15) is 28.7 Å². The first-order chi connectivity index (χ1) is 13.3. The Bertz CT molecular complexity index is 968. The summed E-state index contributed by atoms with van der Waals surface area (Å²) >= 11 is 1.34. The van der Waals surface area contributed by atoms with E-state index in [1.807, 2.05) is 57.2 Å². The molecule has 2 aromatic carbocycles. The highest BCUT2D eigenvalue weighted by Crippen LogP contribution is 2.31. The van der Waals surface area contributed by atoms with Gasteiger partial charge in [-0.1, -0.05) is 30.0 Å². The van der Waals surface area contributed by atoms with E-state index in [2.05, 4.69) is 17.2 Å². The maximum atomic E-state index is 12.6. The Labute approximate surface area is 170 Å². The monoisotopic (exact) mass is 395 g/mol. The molecule has 146 valence electrons. The van der Waals surface area contributed by atoms with E-state index in [1.54, 1.807) is 7.05 Å². The van der Waals surface area contributed by atoms with Gasteiger partial charge in [-0.05, 0) is 68.1 Å². The van der Waals surface area contributed by atoms with Crippen molar-refractivity contribution >= 4 is 40.1 Å². The molecule has 0 unspecified atom stereocenters. The van der Waals surface area contributed by atoms with Gasteiger partial charge in [-0.3, -0.25) is 14.5 Å². The maximum absolute atomic E-state index is 12.6. The number of amidine groups is 1. The minimum atomic E-state index is -0.458. The van der Waals surface area contributed by atoms with Crippen molar-refractivity contribution < 1.29 is 9.59 Å². The quantitative estimate of drug-likeness (QED) is 0.828. The highest BCUT2D eigenvalue weighted by Gasteiger charge is 2.37. The molecular weight excluding hydrogens is 370 g/mol. The summed E-state index contributed by atoms with van der Waals surface area (Å²) in [6, 6.07) is 11.8. The molecule has 6 heteroatoms. The molecule has 1 saturated heterocycles. The number of anilines is 1. The number of rotatable bonds is 4. The fourth-order valence-electron chi connectivity index (χ4n) is 2.96. The number of aliphatic imine (C=N–C) groups is 1. The van der Waals surface area contributed by atoms with Crippen molar-refractivity contribution in [2.45, 2.75) is 39.4 Å². The van der Waals surface area contributed by atoms with Crippen molar-refractivity contribution in [2.24, 2.45) is 4.99 Å². The second kappa shape index (κ2) is 8.19. The van der Waals surface area contributed by atoms with Gasteiger partial charge in [0.25, 0.3) is 0 Å². The second-order valence-corrected chi connectivity index (χ2v) is 8.34. The third-order valence-corrected chi connectivity index (χ3v) is 6.33. The predicted octanol–water partition coefficient (Wildman–Crippen LogP) is 4.51. The van der Waals surface area contributed by atoms with E-state index < -0.39 is 5.25 Å². The average molecular weight is 396 g/mol. The largest absolute Gasteiger partial charge is 0.326 e. The lowest BCUT2D eigenvalue weighted by molar-refractivity contribution is -0.127. The van der Waals surface area contributed by atoms with Crippen LogP contribution in [-0.4, -0.2) is 34.2 Å². The average Bonchev–Trinajstić information content (AvgIpc) is 2.90. The van der Waals surface area contributed by atoms with Gasteiger partial charge in [0.1, 0.15) is 5.25 Å². The fraction of sp³-hybridized carbons (Fsp3) is 0.318. The molecule has 0 aromatic heterocycles. The topological polar surface area (TPSA) is 61.8 Å². The number of amides is 2. The minimum Gasteiger partial charge on any atom is -0.326 e. The van der Waals surface area contributed by atoms with E-state index in [4.69, 9.17) is 0 Å². The maximum Gasteiger partial charge on any atom is 0.242 e. The first-order valence-corrected chi connectivity index (χ1v) is 10.1. The van der Waals surface area contributed by atoms with Crippen LogP contribution in [0.4, 0.5) is 11.4 Å². The van der Waals surface area contributed by atoms with Crippen molar-refractivity contribution in [3.63, 3.8) is 0 Å². The molecule has 1 aliphatic heterocycles. The second-order valence-electron chi connectivity index (χ2n) is 7.17. The summed E-state index contributed by atoms with van der Waals surface area (Å²) in [7, 11) is 1.71. The number of nitrogens with one attached hydrogen (secondary N) is 1. The lowest BCUT2D eigenvalue weighted by Gasteiger charge is -2.12. The molecule has 1 aliphatic rings. The highest BCUT2D eigenvalue weighted by atomic mass is 32.2. The summed E-state index contributed by atoms with van der Waals surface area (Å²) in [4.78, 5) is 31.2. The summed E-state index contributed by atoms with van der Waals surface area (Å²) in [5, 5.41) is 3.09. The third kappa shape index (κ3) is 4.28. The molecule has 0 radical (unpaired) electrons. The molecule has 3 rings (SSSR count). The number of aryl methyl sites for hydroxylation is 3. The molecule has 1 N–H and O–H groups in total. The van der Waals surface area contributed by atoms with Crippen molar-refractivity contribution in [2.75, 3.05) is 12.4 Å². The molecule has 28 heavy (non-hydrogen) atoms. The van der Waals surface area contributed by atoms with Crippen LogP contribution in [0.5, 0.6) is 0 Å². The molecular formula is C22H25N3O2S. The molecule has 2 amide bonds. The number of thioether (sulfide) groups is 1. The van der Waals surface area contributed by atoms with Crippen molar-refractivity contribution in [3.05, 3.63) is 58.7 Å². The van der Waals surface area contributed by atoms with E-state index in [0.717, 1.165) is 28.1 Å². The summed E-state index contributed by atoms with van der Waals surface area (Å²) in [5.41, 5.74) is 6.11. The third-order valence-electron chi connectivity index (χ3n) is 5.11. The van der Waals surface area contributed by atoms with E-state index in [0.29, 0.717) is 5.17 Å². The minimum absolute atomic E-state index is 0.0938. The lowest BCUT2D eigenvalue weighted by Crippen LogP contribution is -2.30. The SMILES string of the molecule is Cc1ccc(N=C2S[C@@H](CC(=O)Nc3cccc(C)c3C)C(=O)N2C)cc1C. The van der Waals surface area contributed by atoms with Gasteiger partial charge in [-0.2, -0.15) is 0 Å². The summed E-state index contributed by atoms with van der Waals surface area (Å²) in [6.45, 7) is 8.07. The lowest BCUT2D eigenvalue weighted by atomic mass is 10.1. The van der Waals surface area contributed by atoms with Gasteiger partial charge in [0.05, 0.1) is 5.69 Å². The van der Waals surface area contributed by atoms with Gasteiger partial charge in [-0.15, -0.1) is 0 Å². The molecule has 0 bridgehead atoms. The van der Waals surface area contributed by atoms with Crippen molar-refractivity contribution in [1.29, 1.82) is 0 Å². The molecule has 0 aliphatic carbocycles. The van der Waals surface area contributed by atoms with Gasteiger partial charge in [0, 0.05) is 19.2 Å². The molecule has 5 nitrogen and oxygen atoms in total. The van der Waals surface area contributed by atoms with E-state index in [9.17, 15) is 9.59 Å². The normalized spacial score (nSPS) is 18.0. The van der Waals surface area contributed by atoms with Crippen molar-refractivity contribution in [1.82, 2.24) is 4.90 Å². The van der Waals surface area contributed by atoms with Crippen LogP contribution in [0.15, 0.2) is 41.4 Å². The Balaban J connectivity index is 1.70. The highest BCUT2D eigenvalue weighted by molar-refractivity contribution is 8.15. The number of hydrogen-bond acceptors (Lipinski definition) is 4. The van der Waals surface area contributed by atoms with Gasteiger partial charge >= 0.3 is 0 Å². The number of benzene rings is 2. The Morgan fingerprint density at radius 1 is 1.11 bits per heavy atom. The van der Waals surface area contributed by atoms with E-state index in [1.165, 1.54) is 22.2 Å². The smallest absolute Gasteiger partial charge is 0.242 e. The van der Waals surface area contributed by atoms with Crippen LogP contribution < -0.4 is 5.32 Å². The van der Waals surface area contributed by atoms with Crippen LogP contribution in [0.2, 0.25) is 0 Å². The molecule has 2 aromatic rings. The zero-order valence-corrected chi connectivity index (χ0v) is 17.7. The van der Waals surface area contributed by atoms with E-state index in [-0.39, 0.29) is 18.2 Å². The summed E-state index contributed by atoms with van der Waals surface area (Å²) in [5.74, 6) is -0.260. The standard InChI is InChI=1S/C22H25N3O2S/c1-13-9-10-17(11-15(13)3)23-22-25(5)21(27)19(28-22)12-20(26)24-18-8-6-7-14(2)16(18)4/h6-11,19H,12H2,1-5H3,(H,24,26)/t19-/m0/s1. The molecule has 1 atom stereocenters. The zero-order valence-electron chi connectivity index (χ0n) is 16.9. The van der Waals surface area contributed by atoms with Crippen LogP contribution in [0.25, 0.3) is 0 Å². The zero-order chi connectivity index (χ0) is 20.4. The molecule has 0 saturated carbocycles. The Hall–Kier alpha value is -2.60. The van der Waals surface area contributed by atoms with Crippen molar-refractivity contribution in [3.8, 4) is 0 Å². The van der Waals surface area contributed by atoms with Gasteiger partial charge in [-0.25, -0.2) is 4.99 Å². The fourth-order valence-corrected chi connectivity index (χ4v) is 4.11. The predicted molar refractivity (Wildman–Crippen MR) is 116 cm³/mol. The Morgan fingerprint density at radius 3 is 2.57 bits per heavy atom. The van der Waals surface area contributed by atoms with Crippen LogP contribution in [0, 0.1) is 27.7 Å². The molecule has 0 spiro atoms. The molecule has 1 heterocycles. The summed E-state index contributed by atoms with van der Waals surface area (Å²) < 4.78 is 0. The number of hydrogen-bond donors (Lipinski definition) is 1. The summed E-state index contributed by atoms with van der Waals surface area (Å²) in [6.07, 6.45) is 0.118. The van der Waals surface area contributed by atoms with Gasteiger partial charge < -0.3 is 5.32 Å². The number of carbonyl (C=O) groups is 2. The van der Waals surface area contributed by atoms with Crippen LogP contribution in [0.3, 0.4) is 0 Å². The number of carbonyl (C=O) groups excluding carboxylic acids is 2. The first kappa shape index (κ1) is 20.1. The first-order valence-electron chi connectivity index (χ1n) is 9.22. The molecule has 1 fully saturated rings.